The van der Waals surface area contributed by atoms with Crippen molar-refractivity contribution in [2.75, 3.05) is 26.2 Å². The van der Waals surface area contributed by atoms with Crippen LogP contribution in [0.3, 0.4) is 0 Å². The zero-order valence-corrected chi connectivity index (χ0v) is 15.9. The number of hydrogen-bond donors (Lipinski definition) is 2. The lowest BCUT2D eigenvalue weighted by atomic mass is 10.5. The van der Waals surface area contributed by atoms with Crippen molar-refractivity contribution in [2.24, 2.45) is 10.8 Å². The molecule has 0 bridgehead atoms. The molecule has 0 fully saturated rings. The molecule has 0 radical (unpaired) electrons. The van der Waals surface area contributed by atoms with Crippen LogP contribution in [0.25, 0.3) is 0 Å². The lowest BCUT2D eigenvalue weighted by Crippen LogP contribution is -2.36. The summed E-state index contributed by atoms with van der Waals surface area (Å²) in [5.41, 5.74) is 7.88. The normalized spacial score (nSPS) is 12.4. The summed E-state index contributed by atoms with van der Waals surface area (Å²) in [6.45, 7) is 11.9. The van der Waals surface area contributed by atoms with E-state index in [2.05, 4.69) is 47.6 Å². The Morgan fingerprint density at radius 3 is 2.22 bits per heavy atom. The Labute approximate surface area is 143 Å². The van der Waals surface area contributed by atoms with E-state index in [4.69, 9.17) is 22.0 Å². The summed E-state index contributed by atoms with van der Waals surface area (Å²) in [4.78, 5) is 10.6. The first-order chi connectivity index (χ1) is 10.9. The molecule has 0 aliphatic heterocycles. The van der Waals surface area contributed by atoms with Gasteiger partial charge in [0.25, 0.3) is 0 Å². The Hall–Kier alpha value is -1.21. The summed E-state index contributed by atoms with van der Waals surface area (Å²) in [6, 6.07) is 2.99. The second-order valence-electron chi connectivity index (χ2n) is 4.73. The molecule has 0 spiro atoms. The van der Waals surface area contributed by atoms with Crippen molar-refractivity contribution in [2.45, 2.75) is 27.7 Å². The van der Waals surface area contributed by atoms with E-state index in [0.29, 0.717) is 5.76 Å². The number of nitrogens with one attached hydrogen (secondary N) is 1. The molecule has 0 unspecified atom stereocenters. The number of amides is 2. The highest BCUT2D eigenvalue weighted by atomic mass is 32.4. The third-order valence-corrected chi connectivity index (χ3v) is 8.90. The van der Waals surface area contributed by atoms with Gasteiger partial charge in [0.2, 0.25) is 0 Å². The summed E-state index contributed by atoms with van der Waals surface area (Å²) in [5, 5.41) is 3.71. The first-order valence-electron chi connectivity index (χ1n) is 7.73. The third-order valence-electron chi connectivity index (χ3n) is 3.49. The number of urea groups is 1. The summed E-state index contributed by atoms with van der Waals surface area (Å²) in [6.07, 6.45) is -0.748. The van der Waals surface area contributed by atoms with Crippen LogP contribution in [0.1, 0.15) is 33.5 Å². The summed E-state index contributed by atoms with van der Waals surface area (Å²) < 4.78 is 10.5. The van der Waals surface area contributed by atoms with Gasteiger partial charge in [-0.25, -0.2) is 10.2 Å². The van der Waals surface area contributed by atoms with E-state index in [1.807, 2.05) is 6.07 Å². The highest BCUT2D eigenvalue weighted by molar-refractivity contribution is 8.15. The van der Waals surface area contributed by atoms with Crippen molar-refractivity contribution in [3.8, 4) is 0 Å². The topological polar surface area (TPSA) is 87.1 Å². The molecule has 0 saturated carbocycles. The van der Waals surface area contributed by atoms with E-state index in [0.717, 1.165) is 31.7 Å². The smallest absolute Gasteiger partial charge is 0.332 e. The quantitative estimate of drug-likeness (QED) is 0.399. The SMILES string of the molecule is CCN(CC)P(=S)(c1ccc(/C=N\NC(N)=O)o1)N(CC)CC. The van der Waals surface area contributed by atoms with Gasteiger partial charge in [-0.1, -0.05) is 39.5 Å². The summed E-state index contributed by atoms with van der Waals surface area (Å²) in [5.74, 6) is 0.530. The van der Waals surface area contributed by atoms with Crippen LogP contribution in [0.5, 0.6) is 0 Å². The molecular weight excluding hydrogens is 333 g/mol. The van der Waals surface area contributed by atoms with E-state index in [-0.39, 0.29) is 0 Å². The molecule has 130 valence electrons. The lowest BCUT2D eigenvalue weighted by Gasteiger charge is -2.39. The number of rotatable bonds is 9. The van der Waals surface area contributed by atoms with Crippen LogP contribution in [0.15, 0.2) is 21.7 Å². The minimum absolute atomic E-state index is 0.530. The molecule has 9 heteroatoms. The molecule has 0 aliphatic rings. The van der Waals surface area contributed by atoms with Crippen molar-refractivity contribution in [1.29, 1.82) is 0 Å². The van der Waals surface area contributed by atoms with Crippen LogP contribution < -0.4 is 16.7 Å². The highest BCUT2D eigenvalue weighted by Gasteiger charge is 2.34. The predicted molar refractivity (Wildman–Crippen MR) is 98.8 cm³/mol. The predicted octanol–water partition coefficient (Wildman–Crippen LogP) is 1.90. The first kappa shape index (κ1) is 19.8. The number of primary amides is 1. The van der Waals surface area contributed by atoms with Crippen LogP contribution in [0, 0.1) is 0 Å². The van der Waals surface area contributed by atoms with Crippen LogP contribution in [-0.4, -0.2) is 47.8 Å². The van der Waals surface area contributed by atoms with Crippen molar-refractivity contribution in [3.63, 3.8) is 0 Å². The highest BCUT2D eigenvalue weighted by Crippen LogP contribution is 2.52. The zero-order valence-electron chi connectivity index (χ0n) is 14.2. The van der Waals surface area contributed by atoms with Crippen molar-refractivity contribution < 1.29 is 9.21 Å². The number of carbonyl (C=O) groups is 1. The van der Waals surface area contributed by atoms with Crippen molar-refractivity contribution in [3.05, 3.63) is 17.9 Å². The van der Waals surface area contributed by atoms with E-state index in [9.17, 15) is 4.79 Å². The molecule has 1 aromatic rings. The molecular formula is C14H26N5O2PS. The Kier molecular flexibility index (Phi) is 7.91. The number of hydrazone groups is 1. The van der Waals surface area contributed by atoms with Gasteiger partial charge in [0, 0.05) is 26.2 Å². The largest absolute Gasteiger partial charge is 0.452 e. The van der Waals surface area contributed by atoms with E-state index >= 15 is 0 Å². The average molecular weight is 359 g/mol. The maximum Gasteiger partial charge on any atom is 0.332 e. The molecule has 7 nitrogen and oxygen atoms in total. The zero-order chi connectivity index (χ0) is 17.5. The fourth-order valence-electron chi connectivity index (χ4n) is 2.40. The van der Waals surface area contributed by atoms with Crippen LogP contribution >= 0.6 is 6.34 Å². The van der Waals surface area contributed by atoms with Gasteiger partial charge in [-0.2, -0.15) is 5.10 Å². The van der Waals surface area contributed by atoms with Gasteiger partial charge in [-0.15, -0.1) is 0 Å². The standard InChI is InChI=1S/C14H26N5O2PS/c1-5-18(6-2)22(23,19(7-3)8-4)13-10-9-12(21-13)11-16-17-14(15)20/h9-11H,5-8H2,1-4H3,(H3,15,17,20)/b16-11-. The Balaban J connectivity index is 3.18. The summed E-state index contributed by atoms with van der Waals surface area (Å²) in [7, 11) is 0. The van der Waals surface area contributed by atoms with E-state index in [1.165, 1.54) is 6.21 Å². The monoisotopic (exact) mass is 359 g/mol. The lowest BCUT2D eigenvalue weighted by molar-refractivity contribution is 0.249. The Bertz CT molecular complexity index is 565. The van der Waals surface area contributed by atoms with Gasteiger partial charge in [0.1, 0.15) is 12.1 Å². The maximum atomic E-state index is 10.6. The number of hydrogen-bond acceptors (Lipinski definition) is 4. The van der Waals surface area contributed by atoms with E-state index in [1.54, 1.807) is 6.07 Å². The number of nitrogens with two attached hydrogens (primary N) is 1. The van der Waals surface area contributed by atoms with Crippen LogP contribution in [0.4, 0.5) is 4.79 Å². The molecule has 1 heterocycles. The number of furan rings is 1. The van der Waals surface area contributed by atoms with Crippen LogP contribution in [-0.2, 0) is 11.8 Å². The van der Waals surface area contributed by atoms with Gasteiger partial charge >= 0.3 is 6.03 Å². The van der Waals surface area contributed by atoms with E-state index < -0.39 is 12.4 Å². The minimum Gasteiger partial charge on any atom is -0.452 e. The average Bonchev–Trinajstić information content (AvgIpc) is 2.98. The molecule has 0 aromatic carbocycles. The molecule has 0 atom stereocenters. The Morgan fingerprint density at radius 1 is 1.26 bits per heavy atom. The van der Waals surface area contributed by atoms with Gasteiger partial charge < -0.3 is 10.2 Å². The summed E-state index contributed by atoms with van der Waals surface area (Å²) >= 11 is 6.11. The molecule has 2 amide bonds. The van der Waals surface area contributed by atoms with Gasteiger partial charge in [0.15, 0.2) is 5.50 Å². The molecule has 0 aliphatic carbocycles. The number of carbonyl (C=O) groups excluding carboxylic acids is 1. The molecule has 23 heavy (non-hydrogen) atoms. The van der Waals surface area contributed by atoms with Crippen molar-refractivity contribution >= 4 is 35.9 Å². The third kappa shape index (κ3) is 4.64. The maximum absolute atomic E-state index is 10.6. The van der Waals surface area contributed by atoms with Gasteiger partial charge in [-0.3, -0.25) is 9.34 Å². The Morgan fingerprint density at radius 2 is 1.78 bits per heavy atom. The minimum atomic E-state index is -2.16. The molecule has 3 N–H and O–H groups in total. The van der Waals surface area contributed by atoms with Crippen molar-refractivity contribution in [1.82, 2.24) is 14.8 Å². The molecule has 1 rings (SSSR count). The molecule has 1 aromatic heterocycles. The fourth-order valence-corrected chi connectivity index (χ4v) is 7.02. The molecule has 0 saturated heterocycles. The second kappa shape index (κ2) is 9.17. The number of nitrogens with zero attached hydrogens (tertiary/aromatic N) is 3. The second-order valence-corrected chi connectivity index (χ2v) is 8.92. The fraction of sp³-hybridized carbons (Fsp3) is 0.571. The van der Waals surface area contributed by atoms with Gasteiger partial charge in [-0.05, 0) is 12.1 Å². The van der Waals surface area contributed by atoms with Gasteiger partial charge in [0.05, 0.1) is 6.21 Å². The first-order valence-corrected chi connectivity index (χ1v) is 10.4. The van der Waals surface area contributed by atoms with Crippen LogP contribution in [0.2, 0.25) is 0 Å².